The Labute approximate surface area is 148 Å². The molecule has 1 aromatic carbocycles. The fourth-order valence-electron chi connectivity index (χ4n) is 3.11. The number of nitrogens with one attached hydrogen (secondary N) is 2. The smallest absolute Gasteiger partial charge is 0.191 e. The SMILES string of the molecule is CN=C(NCc1nc(C)c(C)s1)NCC1(c2ccccc2C)CC1. The van der Waals surface area contributed by atoms with Gasteiger partial charge in [0.2, 0.25) is 0 Å². The summed E-state index contributed by atoms with van der Waals surface area (Å²) in [4.78, 5) is 10.2. The van der Waals surface area contributed by atoms with Gasteiger partial charge in [0.25, 0.3) is 0 Å². The van der Waals surface area contributed by atoms with E-state index in [0.717, 1.165) is 29.8 Å². The van der Waals surface area contributed by atoms with Gasteiger partial charge in [-0.05, 0) is 44.7 Å². The summed E-state index contributed by atoms with van der Waals surface area (Å²) in [6.07, 6.45) is 2.49. The van der Waals surface area contributed by atoms with Gasteiger partial charge in [-0.3, -0.25) is 4.99 Å². The first-order valence-electron chi connectivity index (χ1n) is 8.47. The van der Waals surface area contributed by atoms with Crippen molar-refractivity contribution >= 4 is 17.3 Å². The molecule has 1 heterocycles. The van der Waals surface area contributed by atoms with Crippen molar-refractivity contribution in [2.75, 3.05) is 13.6 Å². The van der Waals surface area contributed by atoms with Crippen LogP contribution in [-0.2, 0) is 12.0 Å². The number of aromatic nitrogens is 1. The zero-order valence-corrected chi connectivity index (χ0v) is 15.8. The van der Waals surface area contributed by atoms with Crippen LogP contribution in [0.15, 0.2) is 29.3 Å². The van der Waals surface area contributed by atoms with Crippen molar-refractivity contribution in [2.24, 2.45) is 4.99 Å². The minimum absolute atomic E-state index is 0.275. The molecule has 1 fully saturated rings. The van der Waals surface area contributed by atoms with Gasteiger partial charge < -0.3 is 10.6 Å². The minimum Gasteiger partial charge on any atom is -0.356 e. The van der Waals surface area contributed by atoms with E-state index < -0.39 is 0 Å². The molecule has 1 aromatic heterocycles. The monoisotopic (exact) mass is 342 g/mol. The van der Waals surface area contributed by atoms with Gasteiger partial charge in [0.05, 0.1) is 12.2 Å². The van der Waals surface area contributed by atoms with Crippen molar-refractivity contribution in [1.82, 2.24) is 15.6 Å². The first-order chi connectivity index (χ1) is 11.5. The standard InChI is InChI=1S/C19H26N4S/c1-13-7-5-6-8-16(13)19(9-10-19)12-22-18(20-4)21-11-17-23-14(2)15(3)24-17/h5-8H,9-12H2,1-4H3,(H2,20,21,22). The summed E-state index contributed by atoms with van der Waals surface area (Å²) in [7, 11) is 1.82. The Kier molecular flexibility index (Phi) is 4.90. The molecule has 5 heteroatoms. The van der Waals surface area contributed by atoms with E-state index in [0.29, 0.717) is 0 Å². The lowest BCUT2D eigenvalue weighted by Crippen LogP contribution is -2.41. The molecule has 4 nitrogen and oxygen atoms in total. The molecule has 0 amide bonds. The van der Waals surface area contributed by atoms with Crippen molar-refractivity contribution in [3.05, 3.63) is 51.0 Å². The molecule has 0 saturated heterocycles. The normalized spacial score (nSPS) is 16.1. The number of hydrogen-bond donors (Lipinski definition) is 2. The topological polar surface area (TPSA) is 49.3 Å². The molecule has 2 N–H and O–H groups in total. The summed E-state index contributed by atoms with van der Waals surface area (Å²) in [5.41, 5.74) is 4.25. The molecule has 2 aromatic rings. The van der Waals surface area contributed by atoms with E-state index in [1.807, 2.05) is 7.05 Å². The van der Waals surface area contributed by atoms with Crippen LogP contribution in [-0.4, -0.2) is 24.5 Å². The molecule has 1 aliphatic carbocycles. The summed E-state index contributed by atoms with van der Waals surface area (Å²) in [5.74, 6) is 0.848. The van der Waals surface area contributed by atoms with Gasteiger partial charge in [-0.25, -0.2) is 4.98 Å². The van der Waals surface area contributed by atoms with Crippen LogP contribution in [0.5, 0.6) is 0 Å². The van der Waals surface area contributed by atoms with Crippen molar-refractivity contribution in [1.29, 1.82) is 0 Å². The van der Waals surface area contributed by atoms with E-state index in [9.17, 15) is 0 Å². The van der Waals surface area contributed by atoms with Gasteiger partial charge in [-0.15, -0.1) is 11.3 Å². The Morgan fingerprint density at radius 3 is 2.54 bits per heavy atom. The second kappa shape index (κ2) is 6.93. The molecule has 1 saturated carbocycles. The number of thiazole rings is 1. The Balaban J connectivity index is 1.57. The predicted octanol–water partition coefficient (Wildman–Crippen LogP) is 3.47. The first kappa shape index (κ1) is 17.0. The van der Waals surface area contributed by atoms with Crippen molar-refractivity contribution in [3.63, 3.8) is 0 Å². The third-order valence-corrected chi connectivity index (χ3v) is 5.94. The van der Waals surface area contributed by atoms with Crippen LogP contribution >= 0.6 is 11.3 Å². The minimum atomic E-state index is 0.275. The van der Waals surface area contributed by atoms with E-state index in [1.54, 1.807) is 11.3 Å². The molecule has 3 rings (SSSR count). The first-order valence-corrected chi connectivity index (χ1v) is 9.29. The zero-order chi connectivity index (χ0) is 17.2. The highest BCUT2D eigenvalue weighted by molar-refractivity contribution is 7.11. The number of aryl methyl sites for hydroxylation is 3. The third-order valence-electron chi connectivity index (χ3n) is 4.87. The number of aliphatic imine (C=N–C) groups is 1. The van der Waals surface area contributed by atoms with Crippen LogP contribution < -0.4 is 10.6 Å². The molecule has 0 aliphatic heterocycles. The Morgan fingerprint density at radius 2 is 1.96 bits per heavy atom. The maximum absolute atomic E-state index is 4.57. The molecular formula is C19H26N4S. The van der Waals surface area contributed by atoms with Crippen LogP contribution in [0.25, 0.3) is 0 Å². The summed E-state index contributed by atoms with van der Waals surface area (Å²) < 4.78 is 0. The molecular weight excluding hydrogens is 316 g/mol. The highest BCUT2D eigenvalue weighted by Crippen LogP contribution is 2.48. The summed E-state index contributed by atoms with van der Waals surface area (Å²) in [5, 5.41) is 7.99. The lowest BCUT2D eigenvalue weighted by atomic mass is 9.92. The summed E-state index contributed by atoms with van der Waals surface area (Å²) >= 11 is 1.75. The molecule has 1 aliphatic rings. The highest BCUT2D eigenvalue weighted by atomic mass is 32.1. The van der Waals surface area contributed by atoms with E-state index in [-0.39, 0.29) is 5.41 Å². The molecule has 0 spiro atoms. The average molecular weight is 343 g/mol. The molecule has 0 bridgehead atoms. The van der Waals surface area contributed by atoms with Gasteiger partial charge in [0.1, 0.15) is 5.01 Å². The van der Waals surface area contributed by atoms with Gasteiger partial charge in [-0.2, -0.15) is 0 Å². The Hall–Kier alpha value is -1.88. The maximum atomic E-state index is 4.57. The van der Waals surface area contributed by atoms with Gasteiger partial charge in [0, 0.05) is 23.9 Å². The molecule has 0 unspecified atom stereocenters. The largest absolute Gasteiger partial charge is 0.356 e. The van der Waals surface area contributed by atoms with Crippen molar-refractivity contribution < 1.29 is 0 Å². The van der Waals surface area contributed by atoms with E-state index >= 15 is 0 Å². The fourth-order valence-corrected chi connectivity index (χ4v) is 3.98. The lowest BCUT2D eigenvalue weighted by Gasteiger charge is -2.20. The van der Waals surface area contributed by atoms with Crippen LogP contribution in [0.2, 0.25) is 0 Å². The second-order valence-electron chi connectivity index (χ2n) is 6.62. The van der Waals surface area contributed by atoms with E-state index in [2.05, 4.69) is 65.6 Å². The molecule has 0 atom stereocenters. The van der Waals surface area contributed by atoms with Crippen LogP contribution in [0, 0.1) is 20.8 Å². The Bertz CT molecular complexity index is 724. The predicted molar refractivity (Wildman–Crippen MR) is 102 cm³/mol. The van der Waals surface area contributed by atoms with Crippen molar-refractivity contribution in [2.45, 2.75) is 45.6 Å². The quantitative estimate of drug-likeness (QED) is 0.646. The van der Waals surface area contributed by atoms with Crippen LogP contribution in [0.4, 0.5) is 0 Å². The average Bonchev–Trinajstić information content (AvgIpc) is 3.28. The third kappa shape index (κ3) is 3.61. The van der Waals surface area contributed by atoms with Gasteiger partial charge in [-0.1, -0.05) is 24.3 Å². The van der Waals surface area contributed by atoms with Crippen LogP contribution in [0.1, 0.15) is 39.5 Å². The van der Waals surface area contributed by atoms with E-state index in [4.69, 9.17) is 0 Å². The summed E-state index contributed by atoms with van der Waals surface area (Å²) in [6.45, 7) is 8.02. The summed E-state index contributed by atoms with van der Waals surface area (Å²) in [6, 6.07) is 8.72. The Morgan fingerprint density at radius 1 is 1.21 bits per heavy atom. The zero-order valence-electron chi connectivity index (χ0n) is 14.9. The molecule has 128 valence electrons. The van der Waals surface area contributed by atoms with Gasteiger partial charge >= 0.3 is 0 Å². The number of nitrogens with zero attached hydrogens (tertiary/aromatic N) is 2. The second-order valence-corrected chi connectivity index (χ2v) is 7.91. The number of benzene rings is 1. The fraction of sp³-hybridized carbons (Fsp3) is 0.474. The number of guanidine groups is 1. The number of hydrogen-bond acceptors (Lipinski definition) is 3. The van der Waals surface area contributed by atoms with Crippen molar-refractivity contribution in [3.8, 4) is 0 Å². The molecule has 24 heavy (non-hydrogen) atoms. The van der Waals surface area contributed by atoms with Crippen LogP contribution in [0.3, 0.4) is 0 Å². The lowest BCUT2D eigenvalue weighted by molar-refractivity contribution is 0.642. The van der Waals surface area contributed by atoms with E-state index in [1.165, 1.54) is 28.8 Å². The van der Waals surface area contributed by atoms with Gasteiger partial charge in [0.15, 0.2) is 5.96 Å². The molecule has 0 radical (unpaired) electrons. The maximum Gasteiger partial charge on any atom is 0.191 e. The number of rotatable bonds is 5. The highest BCUT2D eigenvalue weighted by Gasteiger charge is 2.44.